The molecule has 8 nitrogen and oxygen atoms in total. The van der Waals surface area contributed by atoms with Gasteiger partial charge in [0.2, 0.25) is 11.8 Å². The summed E-state index contributed by atoms with van der Waals surface area (Å²) in [6.07, 6.45) is 0.0700. The molecule has 26 heavy (non-hydrogen) atoms. The molecule has 0 saturated heterocycles. The van der Waals surface area contributed by atoms with Crippen LogP contribution in [0.4, 0.5) is 5.69 Å². The largest absolute Gasteiger partial charge is 0.368 e. The number of hydrogen-bond donors (Lipinski definition) is 2. The zero-order valence-corrected chi connectivity index (χ0v) is 13.7. The van der Waals surface area contributed by atoms with Crippen molar-refractivity contribution in [3.05, 3.63) is 75.3 Å². The standard InChI is InChI=1S/C18H16N4O4/c19-11-13-6-4-12(5-7-13)9-16(18(20)24)21-17(23)10-14-2-1-3-15(8-14)22(25)26/h1-8,16H,9-10H2,(H2,20,24)(H,21,23)/t16-/m0/s1. The minimum absolute atomic E-state index is 0.112. The molecule has 0 radical (unpaired) electrons. The first-order chi connectivity index (χ1) is 12.4. The van der Waals surface area contributed by atoms with E-state index in [2.05, 4.69) is 5.32 Å². The number of amides is 2. The Kier molecular flexibility index (Phi) is 6.01. The number of carbonyl (C=O) groups excluding carboxylic acids is 2. The lowest BCUT2D eigenvalue weighted by Gasteiger charge is -2.15. The van der Waals surface area contributed by atoms with Gasteiger partial charge in [-0.1, -0.05) is 24.3 Å². The summed E-state index contributed by atoms with van der Waals surface area (Å²) in [4.78, 5) is 34.0. The second-order valence-corrected chi connectivity index (χ2v) is 5.64. The Balaban J connectivity index is 2.03. The quantitative estimate of drug-likeness (QED) is 0.569. The van der Waals surface area contributed by atoms with E-state index in [1.807, 2.05) is 6.07 Å². The van der Waals surface area contributed by atoms with Gasteiger partial charge >= 0.3 is 0 Å². The lowest BCUT2D eigenvalue weighted by molar-refractivity contribution is -0.384. The molecule has 0 aliphatic heterocycles. The molecule has 0 bridgehead atoms. The van der Waals surface area contributed by atoms with Crippen LogP contribution in [-0.4, -0.2) is 22.8 Å². The van der Waals surface area contributed by atoms with E-state index in [1.165, 1.54) is 18.2 Å². The monoisotopic (exact) mass is 352 g/mol. The maximum atomic E-state index is 12.2. The zero-order valence-electron chi connectivity index (χ0n) is 13.7. The number of nitro groups is 1. The van der Waals surface area contributed by atoms with E-state index in [4.69, 9.17) is 11.0 Å². The molecule has 2 rings (SSSR count). The molecular formula is C18H16N4O4. The van der Waals surface area contributed by atoms with Gasteiger partial charge in [-0.2, -0.15) is 5.26 Å². The second kappa shape index (κ2) is 8.39. The van der Waals surface area contributed by atoms with Gasteiger partial charge in [-0.3, -0.25) is 19.7 Å². The number of carbonyl (C=O) groups is 2. The Morgan fingerprint density at radius 1 is 1.19 bits per heavy atom. The van der Waals surface area contributed by atoms with Crippen LogP contribution < -0.4 is 11.1 Å². The predicted molar refractivity (Wildman–Crippen MR) is 92.8 cm³/mol. The lowest BCUT2D eigenvalue weighted by Crippen LogP contribution is -2.46. The number of hydrogen-bond acceptors (Lipinski definition) is 5. The minimum Gasteiger partial charge on any atom is -0.368 e. The Morgan fingerprint density at radius 3 is 2.46 bits per heavy atom. The molecule has 3 N–H and O–H groups in total. The Bertz CT molecular complexity index is 872. The molecule has 2 amide bonds. The fourth-order valence-corrected chi connectivity index (χ4v) is 2.38. The van der Waals surface area contributed by atoms with Gasteiger partial charge in [0.15, 0.2) is 0 Å². The molecular weight excluding hydrogens is 336 g/mol. The Labute approximate surface area is 149 Å². The predicted octanol–water partition coefficient (Wildman–Crippen LogP) is 1.22. The Morgan fingerprint density at radius 2 is 1.88 bits per heavy atom. The molecule has 0 heterocycles. The fourth-order valence-electron chi connectivity index (χ4n) is 2.38. The summed E-state index contributed by atoms with van der Waals surface area (Å²) >= 11 is 0. The van der Waals surface area contributed by atoms with Gasteiger partial charge in [0.05, 0.1) is 23.0 Å². The van der Waals surface area contributed by atoms with Crippen molar-refractivity contribution >= 4 is 17.5 Å². The van der Waals surface area contributed by atoms with E-state index in [0.717, 1.165) is 5.56 Å². The summed E-state index contributed by atoms with van der Waals surface area (Å²) in [6.45, 7) is 0. The topological polar surface area (TPSA) is 139 Å². The van der Waals surface area contributed by atoms with Crippen LogP contribution in [-0.2, 0) is 22.4 Å². The summed E-state index contributed by atoms with van der Waals surface area (Å²) in [5.74, 6) is -1.16. The van der Waals surface area contributed by atoms with Crippen LogP contribution in [0, 0.1) is 21.4 Å². The van der Waals surface area contributed by atoms with Crippen molar-refractivity contribution in [2.45, 2.75) is 18.9 Å². The highest BCUT2D eigenvalue weighted by molar-refractivity contribution is 5.87. The average Bonchev–Trinajstić information content (AvgIpc) is 2.61. The highest BCUT2D eigenvalue weighted by Crippen LogP contribution is 2.13. The van der Waals surface area contributed by atoms with E-state index in [9.17, 15) is 19.7 Å². The SMILES string of the molecule is N#Cc1ccc(C[C@H](NC(=O)Cc2cccc([N+](=O)[O-])c2)C(N)=O)cc1. The van der Waals surface area contributed by atoms with Crippen molar-refractivity contribution in [1.29, 1.82) is 5.26 Å². The number of benzene rings is 2. The molecule has 0 saturated carbocycles. The third kappa shape index (κ3) is 5.14. The van der Waals surface area contributed by atoms with E-state index in [1.54, 1.807) is 30.3 Å². The number of non-ortho nitro benzene ring substituents is 1. The molecule has 0 fully saturated rings. The maximum Gasteiger partial charge on any atom is 0.269 e. The van der Waals surface area contributed by atoms with Crippen molar-refractivity contribution in [2.24, 2.45) is 5.73 Å². The fraction of sp³-hybridized carbons (Fsp3) is 0.167. The van der Waals surface area contributed by atoms with Gasteiger partial charge in [-0.05, 0) is 23.3 Å². The number of primary amides is 1. The van der Waals surface area contributed by atoms with Gasteiger partial charge in [0.25, 0.3) is 5.69 Å². The molecule has 2 aromatic carbocycles. The third-order valence-electron chi connectivity index (χ3n) is 3.69. The molecule has 8 heteroatoms. The normalized spacial score (nSPS) is 11.2. The first-order valence-electron chi connectivity index (χ1n) is 7.70. The number of nitrogens with zero attached hydrogens (tertiary/aromatic N) is 2. The van der Waals surface area contributed by atoms with Crippen LogP contribution in [0.15, 0.2) is 48.5 Å². The molecule has 0 aromatic heterocycles. The van der Waals surface area contributed by atoms with Crippen LogP contribution >= 0.6 is 0 Å². The van der Waals surface area contributed by atoms with E-state index in [0.29, 0.717) is 11.1 Å². The van der Waals surface area contributed by atoms with Crippen molar-refractivity contribution in [3.8, 4) is 6.07 Å². The van der Waals surface area contributed by atoms with Crippen LogP contribution in [0.5, 0.6) is 0 Å². The summed E-state index contributed by atoms with van der Waals surface area (Å²) < 4.78 is 0. The van der Waals surface area contributed by atoms with Crippen molar-refractivity contribution in [2.75, 3.05) is 0 Å². The van der Waals surface area contributed by atoms with Gasteiger partial charge in [0, 0.05) is 18.6 Å². The van der Waals surface area contributed by atoms with Gasteiger partial charge < -0.3 is 11.1 Å². The van der Waals surface area contributed by atoms with E-state index < -0.39 is 22.8 Å². The molecule has 0 spiro atoms. The summed E-state index contributed by atoms with van der Waals surface area (Å²) in [5.41, 5.74) is 6.92. The third-order valence-corrected chi connectivity index (χ3v) is 3.69. The number of nitriles is 1. The first kappa shape index (κ1) is 18.6. The number of nitrogens with two attached hydrogens (primary N) is 1. The smallest absolute Gasteiger partial charge is 0.269 e. The van der Waals surface area contributed by atoms with Crippen LogP contribution in [0.1, 0.15) is 16.7 Å². The van der Waals surface area contributed by atoms with Crippen LogP contribution in [0.25, 0.3) is 0 Å². The van der Waals surface area contributed by atoms with Crippen molar-refractivity contribution in [1.82, 2.24) is 5.32 Å². The molecule has 0 unspecified atom stereocenters. The molecule has 0 aliphatic carbocycles. The average molecular weight is 352 g/mol. The van der Waals surface area contributed by atoms with Gasteiger partial charge in [-0.15, -0.1) is 0 Å². The molecule has 2 aromatic rings. The minimum atomic E-state index is -0.922. The van der Waals surface area contributed by atoms with Crippen molar-refractivity contribution in [3.63, 3.8) is 0 Å². The molecule has 132 valence electrons. The van der Waals surface area contributed by atoms with E-state index in [-0.39, 0.29) is 18.5 Å². The maximum absolute atomic E-state index is 12.2. The number of nitro benzene ring substituents is 1. The summed E-state index contributed by atoms with van der Waals surface area (Å²) in [6, 6.07) is 13.4. The van der Waals surface area contributed by atoms with Gasteiger partial charge in [0.1, 0.15) is 6.04 Å². The highest BCUT2D eigenvalue weighted by atomic mass is 16.6. The zero-order chi connectivity index (χ0) is 19.1. The van der Waals surface area contributed by atoms with Crippen LogP contribution in [0.3, 0.4) is 0 Å². The van der Waals surface area contributed by atoms with Gasteiger partial charge in [-0.25, -0.2) is 0 Å². The molecule has 1 atom stereocenters. The van der Waals surface area contributed by atoms with Crippen molar-refractivity contribution < 1.29 is 14.5 Å². The first-order valence-corrected chi connectivity index (χ1v) is 7.70. The number of nitrogens with one attached hydrogen (secondary N) is 1. The second-order valence-electron chi connectivity index (χ2n) is 5.64. The lowest BCUT2D eigenvalue weighted by atomic mass is 10.0. The van der Waals surface area contributed by atoms with Crippen LogP contribution in [0.2, 0.25) is 0 Å². The summed E-state index contributed by atoms with van der Waals surface area (Å²) in [5, 5.41) is 22.1. The highest BCUT2D eigenvalue weighted by Gasteiger charge is 2.19. The summed E-state index contributed by atoms with van der Waals surface area (Å²) in [7, 11) is 0. The molecule has 0 aliphatic rings. The Hall–Kier alpha value is -3.73. The van der Waals surface area contributed by atoms with E-state index >= 15 is 0 Å². The number of rotatable bonds is 7.